The summed E-state index contributed by atoms with van der Waals surface area (Å²) in [5, 5.41) is 12.5. The van der Waals surface area contributed by atoms with Crippen molar-refractivity contribution in [2.75, 3.05) is 13.2 Å². The summed E-state index contributed by atoms with van der Waals surface area (Å²) in [4.78, 5) is 0. The van der Waals surface area contributed by atoms with Crippen LogP contribution in [0.2, 0.25) is 0 Å². The standard InChI is InChI=1S/C13H28N2O/c1-10-3-5-12(6-4-10)13(9-14)15-11(2)7-8-16/h10-13,15-16H,3-9,14H2,1-2H3. The molecule has 0 heterocycles. The molecule has 0 aromatic carbocycles. The van der Waals surface area contributed by atoms with Crippen LogP contribution in [0.25, 0.3) is 0 Å². The van der Waals surface area contributed by atoms with Crippen LogP contribution in [-0.2, 0) is 0 Å². The lowest BCUT2D eigenvalue weighted by Crippen LogP contribution is -2.47. The molecule has 1 aliphatic carbocycles. The van der Waals surface area contributed by atoms with Crippen LogP contribution in [0.15, 0.2) is 0 Å². The number of rotatable bonds is 6. The van der Waals surface area contributed by atoms with Crippen molar-refractivity contribution in [2.45, 2.75) is 58.0 Å². The quantitative estimate of drug-likeness (QED) is 0.646. The summed E-state index contributed by atoms with van der Waals surface area (Å²) < 4.78 is 0. The number of aliphatic hydroxyl groups excluding tert-OH is 1. The average Bonchev–Trinajstić information content (AvgIpc) is 2.27. The van der Waals surface area contributed by atoms with E-state index in [2.05, 4.69) is 19.2 Å². The molecule has 0 aliphatic heterocycles. The van der Waals surface area contributed by atoms with Crippen LogP contribution >= 0.6 is 0 Å². The Morgan fingerprint density at radius 1 is 1.31 bits per heavy atom. The van der Waals surface area contributed by atoms with Crippen LogP contribution in [0.1, 0.15) is 46.0 Å². The van der Waals surface area contributed by atoms with E-state index in [-0.39, 0.29) is 6.61 Å². The Morgan fingerprint density at radius 2 is 1.94 bits per heavy atom. The largest absolute Gasteiger partial charge is 0.396 e. The molecule has 3 nitrogen and oxygen atoms in total. The predicted molar refractivity (Wildman–Crippen MR) is 68.3 cm³/mol. The molecule has 1 aliphatic rings. The van der Waals surface area contributed by atoms with Crippen molar-refractivity contribution in [1.82, 2.24) is 5.32 Å². The number of nitrogens with one attached hydrogen (secondary N) is 1. The Hall–Kier alpha value is -0.120. The first-order valence-corrected chi connectivity index (χ1v) is 6.74. The van der Waals surface area contributed by atoms with Gasteiger partial charge in [0.25, 0.3) is 0 Å². The fourth-order valence-electron chi connectivity index (χ4n) is 2.73. The van der Waals surface area contributed by atoms with E-state index in [1.165, 1.54) is 25.7 Å². The molecule has 4 N–H and O–H groups in total. The highest BCUT2D eigenvalue weighted by molar-refractivity contribution is 4.83. The molecular formula is C13H28N2O. The molecule has 3 heteroatoms. The average molecular weight is 228 g/mol. The molecule has 0 saturated heterocycles. The van der Waals surface area contributed by atoms with Crippen LogP contribution in [0.5, 0.6) is 0 Å². The number of aliphatic hydroxyl groups is 1. The Bertz CT molecular complexity index is 179. The third kappa shape index (κ3) is 4.40. The monoisotopic (exact) mass is 228 g/mol. The van der Waals surface area contributed by atoms with Gasteiger partial charge in [0.1, 0.15) is 0 Å². The Labute approximate surface area is 99.8 Å². The molecule has 1 rings (SSSR count). The van der Waals surface area contributed by atoms with Crippen LogP contribution in [0, 0.1) is 11.8 Å². The van der Waals surface area contributed by atoms with Crippen LogP contribution in [-0.4, -0.2) is 30.3 Å². The third-order valence-electron chi connectivity index (χ3n) is 3.94. The lowest BCUT2D eigenvalue weighted by molar-refractivity contribution is 0.209. The Balaban J connectivity index is 2.35. The van der Waals surface area contributed by atoms with Gasteiger partial charge in [0.15, 0.2) is 0 Å². The maximum atomic E-state index is 8.90. The summed E-state index contributed by atoms with van der Waals surface area (Å²) >= 11 is 0. The second kappa shape index (κ2) is 7.25. The molecule has 1 saturated carbocycles. The molecule has 0 spiro atoms. The van der Waals surface area contributed by atoms with E-state index in [0.29, 0.717) is 12.1 Å². The van der Waals surface area contributed by atoms with Gasteiger partial charge in [-0.2, -0.15) is 0 Å². The molecule has 1 fully saturated rings. The first-order chi connectivity index (χ1) is 7.67. The highest BCUT2D eigenvalue weighted by Gasteiger charge is 2.25. The van der Waals surface area contributed by atoms with Crippen LogP contribution < -0.4 is 11.1 Å². The number of hydrogen-bond donors (Lipinski definition) is 3. The first kappa shape index (κ1) is 13.9. The molecule has 0 radical (unpaired) electrons. The molecule has 2 atom stereocenters. The van der Waals surface area contributed by atoms with Crippen molar-refractivity contribution in [3.05, 3.63) is 0 Å². The van der Waals surface area contributed by atoms with Crippen molar-refractivity contribution in [2.24, 2.45) is 17.6 Å². The fourth-order valence-corrected chi connectivity index (χ4v) is 2.73. The maximum absolute atomic E-state index is 8.90. The zero-order valence-corrected chi connectivity index (χ0v) is 10.8. The molecular weight excluding hydrogens is 200 g/mol. The number of hydrogen-bond acceptors (Lipinski definition) is 3. The van der Waals surface area contributed by atoms with Crippen molar-refractivity contribution < 1.29 is 5.11 Å². The molecule has 96 valence electrons. The highest BCUT2D eigenvalue weighted by Crippen LogP contribution is 2.30. The van der Waals surface area contributed by atoms with Crippen LogP contribution in [0.4, 0.5) is 0 Å². The van der Waals surface area contributed by atoms with Gasteiger partial charge in [-0.1, -0.05) is 19.8 Å². The first-order valence-electron chi connectivity index (χ1n) is 6.74. The molecule has 2 unspecified atom stereocenters. The summed E-state index contributed by atoms with van der Waals surface area (Å²) in [6.45, 7) is 5.45. The van der Waals surface area contributed by atoms with Gasteiger partial charge in [-0.15, -0.1) is 0 Å². The third-order valence-corrected chi connectivity index (χ3v) is 3.94. The smallest absolute Gasteiger partial charge is 0.0445 e. The van der Waals surface area contributed by atoms with E-state index in [1.807, 2.05) is 0 Å². The Kier molecular flexibility index (Phi) is 6.32. The molecule has 16 heavy (non-hydrogen) atoms. The van der Waals surface area contributed by atoms with Gasteiger partial charge in [-0.3, -0.25) is 0 Å². The van der Waals surface area contributed by atoms with E-state index in [1.54, 1.807) is 0 Å². The van der Waals surface area contributed by atoms with Gasteiger partial charge in [0.2, 0.25) is 0 Å². The normalized spacial score (nSPS) is 30.0. The lowest BCUT2D eigenvalue weighted by Gasteiger charge is -2.34. The van der Waals surface area contributed by atoms with E-state index >= 15 is 0 Å². The minimum absolute atomic E-state index is 0.257. The van der Waals surface area contributed by atoms with Crippen molar-refractivity contribution in [1.29, 1.82) is 0 Å². The Morgan fingerprint density at radius 3 is 2.44 bits per heavy atom. The summed E-state index contributed by atoms with van der Waals surface area (Å²) in [6.07, 6.45) is 6.12. The fraction of sp³-hybridized carbons (Fsp3) is 1.00. The minimum atomic E-state index is 0.257. The van der Waals surface area contributed by atoms with E-state index in [0.717, 1.165) is 24.8 Å². The minimum Gasteiger partial charge on any atom is -0.396 e. The van der Waals surface area contributed by atoms with Crippen LogP contribution in [0.3, 0.4) is 0 Å². The SMILES string of the molecule is CC1CCC(C(CN)NC(C)CCO)CC1. The molecule has 0 aromatic rings. The second-order valence-corrected chi connectivity index (χ2v) is 5.44. The summed E-state index contributed by atoms with van der Waals surface area (Å²) in [7, 11) is 0. The van der Waals surface area contributed by atoms with Crippen molar-refractivity contribution in [3.8, 4) is 0 Å². The van der Waals surface area contributed by atoms with Crippen molar-refractivity contribution in [3.63, 3.8) is 0 Å². The molecule has 0 aromatic heterocycles. The van der Waals surface area contributed by atoms with E-state index in [4.69, 9.17) is 10.8 Å². The predicted octanol–water partition coefficient (Wildman–Crippen LogP) is 1.50. The van der Waals surface area contributed by atoms with E-state index < -0.39 is 0 Å². The zero-order valence-electron chi connectivity index (χ0n) is 10.8. The molecule has 0 bridgehead atoms. The van der Waals surface area contributed by atoms with Gasteiger partial charge in [0.05, 0.1) is 0 Å². The van der Waals surface area contributed by atoms with Crippen molar-refractivity contribution >= 4 is 0 Å². The molecule has 0 amide bonds. The van der Waals surface area contributed by atoms with Gasteiger partial charge in [-0.25, -0.2) is 0 Å². The highest BCUT2D eigenvalue weighted by atomic mass is 16.3. The summed E-state index contributed by atoms with van der Waals surface area (Å²) in [6, 6.07) is 0.812. The van der Waals surface area contributed by atoms with E-state index in [9.17, 15) is 0 Å². The zero-order chi connectivity index (χ0) is 12.0. The summed E-state index contributed by atoms with van der Waals surface area (Å²) in [5.74, 6) is 1.63. The van der Waals surface area contributed by atoms with Gasteiger partial charge in [-0.05, 0) is 38.0 Å². The van der Waals surface area contributed by atoms with Gasteiger partial charge in [0, 0.05) is 25.2 Å². The lowest BCUT2D eigenvalue weighted by atomic mass is 9.79. The van der Waals surface area contributed by atoms with Gasteiger partial charge < -0.3 is 16.2 Å². The second-order valence-electron chi connectivity index (χ2n) is 5.44. The summed E-state index contributed by atoms with van der Waals surface area (Å²) in [5.41, 5.74) is 5.86. The number of nitrogens with two attached hydrogens (primary N) is 1. The van der Waals surface area contributed by atoms with Gasteiger partial charge >= 0.3 is 0 Å². The topological polar surface area (TPSA) is 58.3 Å². The maximum Gasteiger partial charge on any atom is 0.0445 e.